The van der Waals surface area contributed by atoms with Crippen LogP contribution in [-0.4, -0.2) is 28.8 Å². The summed E-state index contributed by atoms with van der Waals surface area (Å²) in [6, 6.07) is 36.8. The minimum Gasteiger partial charge on any atom is -0.352 e. The maximum Gasteiger partial charge on any atom is 0.243 e. The van der Waals surface area contributed by atoms with Gasteiger partial charge in [0.05, 0.1) is 0 Å². The summed E-state index contributed by atoms with van der Waals surface area (Å²) in [4.78, 5) is 29.7. The van der Waals surface area contributed by atoms with Crippen LogP contribution in [0.4, 0.5) is 0 Å². The van der Waals surface area contributed by atoms with Gasteiger partial charge in [0.15, 0.2) is 0 Å². The van der Waals surface area contributed by atoms with E-state index in [4.69, 9.17) is 11.6 Å². The third kappa shape index (κ3) is 8.05. The summed E-state index contributed by atoms with van der Waals surface area (Å²) in [6.45, 7) is 4.17. The topological polar surface area (TPSA) is 49.4 Å². The number of benzene rings is 4. The fourth-order valence-corrected chi connectivity index (χ4v) is 4.94. The van der Waals surface area contributed by atoms with Gasteiger partial charge in [-0.3, -0.25) is 9.59 Å². The van der Waals surface area contributed by atoms with Crippen LogP contribution in [0.15, 0.2) is 115 Å². The summed E-state index contributed by atoms with van der Waals surface area (Å²) in [7, 11) is 0. The molecule has 0 saturated carbocycles. The highest BCUT2D eigenvalue weighted by atomic mass is 35.5. The predicted octanol–water partition coefficient (Wildman–Crippen LogP) is 7.03. The van der Waals surface area contributed by atoms with Crippen LogP contribution in [0.3, 0.4) is 0 Å². The highest BCUT2D eigenvalue weighted by Gasteiger charge is 2.32. The fourth-order valence-electron chi connectivity index (χ4n) is 4.81. The van der Waals surface area contributed by atoms with Crippen LogP contribution in [0.25, 0.3) is 0 Å². The molecule has 0 spiro atoms. The number of nitrogens with zero attached hydrogens (tertiary/aromatic N) is 1. The number of hydrogen-bond donors (Lipinski definition) is 1. The van der Waals surface area contributed by atoms with Crippen molar-refractivity contribution < 1.29 is 9.59 Å². The van der Waals surface area contributed by atoms with Crippen LogP contribution in [0.2, 0.25) is 5.02 Å². The molecule has 1 N–H and O–H groups in total. The van der Waals surface area contributed by atoms with Crippen molar-refractivity contribution in [1.82, 2.24) is 10.2 Å². The van der Waals surface area contributed by atoms with E-state index >= 15 is 0 Å². The van der Waals surface area contributed by atoms with Gasteiger partial charge < -0.3 is 10.2 Å². The Labute approximate surface area is 236 Å². The first-order valence-corrected chi connectivity index (χ1v) is 13.8. The molecule has 5 heteroatoms. The van der Waals surface area contributed by atoms with E-state index in [-0.39, 0.29) is 30.2 Å². The minimum atomic E-state index is -0.676. The molecule has 0 radical (unpaired) electrons. The molecule has 0 aliphatic rings. The first kappa shape index (κ1) is 28.1. The molecular weight excluding hydrogens is 504 g/mol. The number of amides is 2. The molecule has 0 aliphatic carbocycles. The molecule has 39 heavy (non-hydrogen) atoms. The summed E-state index contributed by atoms with van der Waals surface area (Å²) in [5.74, 6) is -0.382. The van der Waals surface area contributed by atoms with Gasteiger partial charge in [0, 0.05) is 36.4 Å². The molecule has 200 valence electrons. The van der Waals surface area contributed by atoms with Gasteiger partial charge in [-0.25, -0.2) is 0 Å². The van der Waals surface area contributed by atoms with Gasteiger partial charge in [0.25, 0.3) is 0 Å². The molecule has 0 heterocycles. The molecule has 4 nitrogen and oxygen atoms in total. The Morgan fingerprint density at radius 3 is 1.74 bits per heavy atom. The molecular formula is C34H35ClN2O2. The fraction of sp³-hybridized carbons (Fsp3) is 0.235. The molecule has 1 unspecified atom stereocenters. The van der Waals surface area contributed by atoms with Crippen LogP contribution in [0, 0.1) is 0 Å². The summed E-state index contributed by atoms with van der Waals surface area (Å²) in [6.07, 6.45) is 0.655. The Morgan fingerprint density at radius 1 is 0.718 bits per heavy atom. The lowest BCUT2D eigenvalue weighted by Crippen LogP contribution is -2.52. The predicted molar refractivity (Wildman–Crippen MR) is 159 cm³/mol. The molecule has 0 fully saturated rings. The lowest BCUT2D eigenvalue weighted by molar-refractivity contribution is -0.141. The first-order valence-electron chi connectivity index (χ1n) is 13.4. The van der Waals surface area contributed by atoms with E-state index < -0.39 is 6.04 Å². The standard InChI is InChI=1S/C34H35ClN2O2/c1-25(2)36-34(39)32(22-26-12-6-3-7-13-26)37(24-27-18-20-30(35)21-19-27)33(38)23-31(28-14-8-4-9-15-28)29-16-10-5-11-17-29/h3-21,25,31-32H,22-24H2,1-2H3,(H,36,39). The van der Waals surface area contributed by atoms with Gasteiger partial charge in [-0.2, -0.15) is 0 Å². The maximum absolute atomic E-state index is 14.3. The summed E-state index contributed by atoms with van der Waals surface area (Å²) in [5.41, 5.74) is 4.04. The molecule has 4 aromatic rings. The average Bonchev–Trinajstić information content (AvgIpc) is 2.95. The first-order chi connectivity index (χ1) is 18.9. The van der Waals surface area contributed by atoms with Crippen molar-refractivity contribution in [2.45, 2.75) is 51.2 Å². The second-order valence-corrected chi connectivity index (χ2v) is 10.5. The van der Waals surface area contributed by atoms with Crippen LogP contribution in [-0.2, 0) is 22.6 Å². The molecule has 4 aromatic carbocycles. The third-order valence-corrected chi connectivity index (χ3v) is 7.00. The Bertz CT molecular complexity index is 1290. The number of nitrogens with one attached hydrogen (secondary N) is 1. The number of carbonyl (C=O) groups excluding carboxylic acids is 2. The van der Waals surface area contributed by atoms with Gasteiger partial charge in [0.2, 0.25) is 11.8 Å². The van der Waals surface area contributed by atoms with Crippen LogP contribution < -0.4 is 5.32 Å². The second kappa shape index (κ2) is 13.8. The van der Waals surface area contributed by atoms with Gasteiger partial charge in [-0.1, -0.05) is 115 Å². The van der Waals surface area contributed by atoms with Crippen LogP contribution in [0.5, 0.6) is 0 Å². The largest absolute Gasteiger partial charge is 0.352 e. The maximum atomic E-state index is 14.3. The molecule has 2 amide bonds. The van der Waals surface area contributed by atoms with E-state index in [2.05, 4.69) is 29.6 Å². The molecule has 4 rings (SSSR count). The zero-order valence-corrected chi connectivity index (χ0v) is 23.2. The van der Waals surface area contributed by atoms with Crippen molar-refractivity contribution in [3.63, 3.8) is 0 Å². The van der Waals surface area contributed by atoms with Crippen molar-refractivity contribution in [1.29, 1.82) is 0 Å². The van der Waals surface area contributed by atoms with Gasteiger partial charge in [0.1, 0.15) is 6.04 Å². The smallest absolute Gasteiger partial charge is 0.243 e. The zero-order chi connectivity index (χ0) is 27.6. The van der Waals surface area contributed by atoms with Crippen molar-refractivity contribution in [3.05, 3.63) is 143 Å². The van der Waals surface area contributed by atoms with E-state index in [1.165, 1.54) is 0 Å². The Kier molecular flexibility index (Phi) is 9.93. The normalized spacial score (nSPS) is 11.8. The lowest BCUT2D eigenvalue weighted by atomic mass is 9.87. The summed E-state index contributed by atoms with van der Waals surface area (Å²) in [5, 5.41) is 3.68. The number of carbonyl (C=O) groups is 2. The third-order valence-electron chi connectivity index (χ3n) is 6.75. The highest BCUT2D eigenvalue weighted by molar-refractivity contribution is 6.30. The quantitative estimate of drug-likeness (QED) is 0.223. The summed E-state index contributed by atoms with van der Waals surface area (Å²) >= 11 is 6.15. The zero-order valence-electron chi connectivity index (χ0n) is 22.5. The van der Waals surface area contributed by atoms with Gasteiger partial charge in [-0.15, -0.1) is 0 Å². The number of hydrogen-bond acceptors (Lipinski definition) is 2. The van der Waals surface area contributed by atoms with E-state index in [0.717, 1.165) is 22.3 Å². The second-order valence-electron chi connectivity index (χ2n) is 10.1. The SMILES string of the molecule is CC(C)NC(=O)C(Cc1ccccc1)N(Cc1ccc(Cl)cc1)C(=O)CC(c1ccccc1)c1ccccc1. The molecule has 0 bridgehead atoms. The Morgan fingerprint density at radius 2 is 1.23 bits per heavy atom. The van der Waals surface area contributed by atoms with Crippen molar-refractivity contribution >= 4 is 23.4 Å². The van der Waals surface area contributed by atoms with Crippen LogP contribution in [0.1, 0.15) is 48.4 Å². The van der Waals surface area contributed by atoms with Gasteiger partial charge >= 0.3 is 0 Å². The van der Waals surface area contributed by atoms with Crippen molar-refractivity contribution in [3.8, 4) is 0 Å². The minimum absolute atomic E-state index is 0.0513. The molecule has 1 atom stereocenters. The van der Waals surface area contributed by atoms with Crippen molar-refractivity contribution in [2.24, 2.45) is 0 Å². The number of rotatable bonds is 11. The lowest BCUT2D eigenvalue weighted by Gasteiger charge is -2.33. The van der Waals surface area contributed by atoms with E-state index in [1.54, 1.807) is 4.90 Å². The summed E-state index contributed by atoms with van der Waals surface area (Å²) < 4.78 is 0. The van der Waals surface area contributed by atoms with Gasteiger partial charge in [-0.05, 0) is 48.2 Å². The Balaban J connectivity index is 1.73. The molecule has 0 saturated heterocycles. The van der Waals surface area contributed by atoms with E-state index in [1.807, 2.05) is 105 Å². The molecule has 0 aromatic heterocycles. The average molecular weight is 539 g/mol. The monoisotopic (exact) mass is 538 g/mol. The van der Waals surface area contributed by atoms with E-state index in [0.29, 0.717) is 18.0 Å². The van der Waals surface area contributed by atoms with Crippen molar-refractivity contribution in [2.75, 3.05) is 0 Å². The van der Waals surface area contributed by atoms with E-state index in [9.17, 15) is 9.59 Å². The Hall–Kier alpha value is -3.89. The van der Waals surface area contributed by atoms with Crippen LogP contribution >= 0.6 is 11.6 Å². The highest BCUT2D eigenvalue weighted by Crippen LogP contribution is 2.30. The number of halogens is 1. The molecule has 0 aliphatic heterocycles.